The molecule has 10 rings (SSSR count). The third-order valence-electron chi connectivity index (χ3n) is 11.0. The zero-order valence-electron chi connectivity index (χ0n) is 35.7. The van der Waals surface area contributed by atoms with Gasteiger partial charge in [0, 0.05) is 65.3 Å². The number of phenols is 1. The summed E-state index contributed by atoms with van der Waals surface area (Å²) < 4.78 is 27.7. The van der Waals surface area contributed by atoms with Gasteiger partial charge < -0.3 is 9.67 Å². The first-order chi connectivity index (χ1) is 29.4. The molecule has 1 N–H and O–H groups in total. The van der Waals surface area contributed by atoms with Crippen LogP contribution in [0.15, 0.2) is 170 Å². The van der Waals surface area contributed by atoms with E-state index in [1.807, 2.05) is 72.8 Å². The molecule has 6 heteroatoms. The molecule has 0 atom stereocenters. The second-order valence-electron chi connectivity index (χ2n) is 15.8. The summed E-state index contributed by atoms with van der Waals surface area (Å²) in [6.07, 6.45) is 1.79. The summed E-state index contributed by atoms with van der Waals surface area (Å²) in [4.78, 5) is 10.3. The van der Waals surface area contributed by atoms with Gasteiger partial charge in [-0.15, -0.1) is 29.3 Å². The van der Waals surface area contributed by atoms with Gasteiger partial charge in [0.25, 0.3) is 0 Å². The quantitative estimate of drug-likeness (QED) is 0.169. The molecular weight excluding hydrogens is 904 g/mol. The molecule has 10 aromatic rings. The molecule has 0 fully saturated rings. The van der Waals surface area contributed by atoms with Crippen LogP contribution in [0, 0.1) is 12.9 Å². The van der Waals surface area contributed by atoms with Crippen LogP contribution in [0.1, 0.15) is 36.0 Å². The standard InChI is InChI=1S/C53H41N4O.Pt/c1-34-22-24-35(25-23-34)36-26-27-54-46(31-36)38-28-37(29-39(30-38)53(2,3)4)42-19-13-21-48-51(42)55-52(57(48)41-16-9-6-10-17-41)45-32-44-43-18-11-12-20-47(43)56(49(44)33-50(45)58)40-14-7-5-8-15-40;/h5-27,29-33,58H,1-4H3;/q-1;/i1D3;. The normalized spacial score (nSPS) is 12.6. The molecule has 3 heterocycles. The van der Waals surface area contributed by atoms with Gasteiger partial charge in [0.15, 0.2) is 0 Å². The molecule has 0 aliphatic rings. The van der Waals surface area contributed by atoms with Crippen LogP contribution in [0.5, 0.6) is 5.75 Å². The Morgan fingerprint density at radius 1 is 0.593 bits per heavy atom. The molecule has 7 aromatic carbocycles. The van der Waals surface area contributed by atoms with Crippen LogP contribution in [-0.2, 0) is 26.5 Å². The predicted molar refractivity (Wildman–Crippen MR) is 239 cm³/mol. The van der Waals surface area contributed by atoms with E-state index in [9.17, 15) is 5.11 Å². The summed E-state index contributed by atoms with van der Waals surface area (Å²) in [7, 11) is 0. The molecule has 0 aliphatic carbocycles. The van der Waals surface area contributed by atoms with Gasteiger partial charge in [0.2, 0.25) is 0 Å². The number of imidazole rings is 1. The zero-order valence-corrected chi connectivity index (χ0v) is 35.0. The minimum absolute atomic E-state index is 0. The van der Waals surface area contributed by atoms with E-state index in [1.165, 1.54) is 0 Å². The van der Waals surface area contributed by atoms with Gasteiger partial charge in [-0.3, -0.25) is 9.55 Å². The molecule has 0 saturated heterocycles. The van der Waals surface area contributed by atoms with Gasteiger partial charge in [-0.05, 0) is 71.9 Å². The van der Waals surface area contributed by atoms with E-state index >= 15 is 0 Å². The van der Waals surface area contributed by atoms with E-state index in [1.54, 1.807) is 18.3 Å². The average Bonchev–Trinajstić information content (AvgIpc) is 3.81. The maximum absolute atomic E-state index is 12.1. The number of nitrogens with zero attached hydrogens (tertiary/aromatic N) is 4. The Balaban J connectivity index is 0.00000490. The molecule has 0 spiro atoms. The molecule has 0 aliphatic heterocycles. The molecule has 0 amide bonds. The number of benzene rings is 7. The van der Waals surface area contributed by atoms with E-state index in [-0.39, 0.29) is 32.2 Å². The molecule has 0 radical (unpaired) electrons. The Hall–Kier alpha value is -6.55. The van der Waals surface area contributed by atoms with E-state index in [0.29, 0.717) is 17.0 Å². The Bertz CT molecular complexity index is 3280. The van der Waals surface area contributed by atoms with Crippen molar-refractivity contribution < 1.29 is 30.3 Å². The number of hydrogen-bond acceptors (Lipinski definition) is 3. The SMILES string of the molecule is [2H]C([2H])([2H])c1ccc(-c2ccnc(-c3[c-]c(-c4cccc5c4nc(-c4cc6c7ccccc7n(-c7ccccc7)c6cc4O)n5-c4ccccc4)cc(C(C)(C)C)c3)c2)cc1.[Pt]. The summed E-state index contributed by atoms with van der Waals surface area (Å²) in [6.45, 7) is 4.42. The predicted octanol–water partition coefficient (Wildman–Crippen LogP) is 13.3. The first-order valence-corrected chi connectivity index (χ1v) is 19.5. The van der Waals surface area contributed by atoms with Crippen LogP contribution in [0.2, 0.25) is 0 Å². The topological polar surface area (TPSA) is 55.9 Å². The summed E-state index contributed by atoms with van der Waals surface area (Å²) in [6, 6.07) is 58.0. The number of pyridine rings is 1. The van der Waals surface area contributed by atoms with Crippen molar-refractivity contribution in [3.05, 3.63) is 187 Å². The molecular formula is C53H41N4OPt-. The largest absolute Gasteiger partial charge is 0.507 e. The van der Waals surface area contributed by atoms with Crippen molar-refractivity contribution in [1.29, 1.82) is 0 Å². The fourth-order valence-corrected chi connectivity index (χ4v) is 8.08. The zero-order chi connectivity index (χ0) is 42.0. The van der Waals surface area contributed by atoms with Crippen molar-refractivity contribution in [2.45, 2.75) is 33.0 Å². The first kappa shape index (κ1) is 34.5. The Morgan fingerprint density at radius 3 is 2.00 bits per heavy atom. The van der Waals surface area contributed by atoms with Crippen molar-refractivity contribution in [2.24, 2.45) is 0 Å². The van der Waals surface area contributed by atoms with Crippen molar-refractivity contribution in [2.75, 3.05) is 0 Å². The van der Waals surface area contributed by atoms with Crippen LogP contribution in [-0.4, -0.2) is 24.2 Å². The molecule has 290 valence electrons. The van der Waals surface area contributed by atoms with Crippen molar-refractivity contribution in [3.8, 4) is 62.0 Å². The summed E-state index contributed by atoms with van der Waals surface area (Å²) >= 11 is 0. The molecule has 0 unspecified atom stereocenters. The summed E-state index contributed by atoms with van der Waals surface area (Å²) in [5, 5.41) is 14.2. The molecule has 0 bridgehead atoms. The van der Waals surface area contributed by atoms with Crippen LogP contribution in [0.3, 0.4) is 0 Å². The summed E-state index contributed by atoms with van der Waals surface area (Å²) in [5.41, 5.74) is 12.6. The maximum Gasteiger partial charge on any atom is 0.148 e. The molecule has 3 aromatic heterocycles. The number of aromatic nitrogens is 4. The number of rotatable bonds is 6. The molecule has 59 heavy (non-hydrogen) atoms. The second-order valence-corrected chi connectivity index (χ2v) is 15.8. The van der Waals surface area contributed by atoms with E-state index in [0.717, 1.165) is 83.3 Å². The number of aromatic hydroxyl groups is 1. The minimum Gasteiger partial charge on any atom is -0.507 e. The van der Waals surface area contributed by atoms with E-state index in [2.05, 4.69) is 115 Å². The van der Waals surface area contributed by atoms with Crippen molar-refractivity contribution in [1.82, 2.24) is 19.1 Å². The first-order valence-electron chi connectivity index (χ1n) is 21.0. The minimum atomic E-state index is -2.17. The summed E-state index contributed by atoms with van der Waals surface area (Å²) in [5.74, 6) is 0.750. The van der Waals surface area contributed by atoms with E-state index < -0.39 is 6.85 Å². The van der Waals surface area contributed by atoms with Crippen LogP contribution >= 0.6 is 0 Å². The van der Waals surface area contributed by atoms with Gasteiger partial charge in [-0.2, -0.15) is 0 Å². The smallest absolute Gasteiger partial charge is 0.148 e. The number of hydrogen-bond donors (Lipinski definition) is 1. The Morgan fingerprint density at radius 2 is 1.27 bits per heavy atom. The fourth-order valence-electron chi connectivity index (χ4n) is 8.08. The average molecular weight is 948 g/mol. The van der Waals surface area contributed by atoms with Gasteiger partial charge in [0.1, 0.15) is 11.6 Å². The fraction of sp³-hybridized carbons (Fsp3) is 0.0943. The van der Waals surface area contributed by atoms with Gasteiger partial charge in [0.05, 0.1) is 27.6 Å². The van der Waals surface area contributed by atoms with Crippen LogP contribution < -0.4 is 0 Å². The number of aryl methyl sites for hydroxylation is 1. The number of phenolic OH excluding ortho intramolecular Hbond substituents is 1. The third kappa shape index (κ3) is 6.76. The van der Waals surface area contributed by atoms with Crippen LogP contribution in [0.4, 0.5) is 0 Å². The van der Waals surface area contributed by atoms with Crippen molar-refractivity contribution in [3.63, 3.8) is 0 Å². The van der Waals surface area contributed by atoms with E-state index in [4.69, 9.17) is 14.1 Å². The van der Waals surface area contributed by atoms with Crippen molar-refractivity contribution >= 4 is 32.8 Å². The maximum atomic E-state index is 12.1. The monoisotopic (exact) mass is 947 g/mol. The van der Waals surface area contributed by atoms with Gasteiger partial charge in [-0.25, -0.2) is 4.98 Å². The number of fused-ring (bicyclic) bond motifs is 4. The second kappa shape index (κ2) is 15.0. The molecule has 5 nitrogen and oxygen atoms in total. The van der Waals surface area contributed by atoms with Gasteiger partial charge in [-0.1, -0.05) is 135 Å². The number of para-hydroxylation sites is 4. The van der Waals surface area contributed by atoms with Crippen LogP contribution in [0.25, 0.3) is 89.1 Å². The Kier molecular flexibility index (Phi) is 8.76. The third-order valence-corrected chi connectivity index (χ3v) is 11.0. The molecule has 0 saturated carbocycles. The Labute approximate surface area is 362 Å². The van der Waals surface area contributed by atoms with Gasteiger partial charge >= 0.3 is 0 Å².